The molecule has 0 radical (unpaired) electrons. The molecule has 0 saturated carbocycles. The van der Waals surface area contributed by atoms with E-state index in [-0.39, 0.29) is 12.3 Å². The molecule has 0 atom stereocenters. The van der Waals surface area contributed by atoms with Crippen LogP contribution in [-0.2, 0) is 11.2 Å². The predicted octanol–water partition coefficient (Wildman–Crippen LogP) is 5.11. The molecule has 0 aliphatic carbocycles. The van der Waals surface area contributed by atoms with Crippen molar-refractivity contribution in [2.24, 2.45) is 0 Å². The van der Waals surface area contributed by atoms with Crippen LogP contribution >= 0.6 is 22.7 Å². The van der Waals surface area contributed by atoms with Gasteiger partial charge in [-0.1, -0.05) is 41.1 Å². The monoisotopic (exact) mass is 410 g/mol. The normalized spacial score (nSPS) is 10.9. The SMILES string of the molecule is Cc1ccc(-c2nc(NC(=O)CCc3nc(-c4cccs4)no3)sc2C)cc1. The van der Waals surface area contributed by atoms with Crippen LogP contribution in [0.2, 0.25) is 0 Å². The third-order valence-corrected chi connectivity index (χ3v) is 5.90. The van der Waals surface area contributed by atoms with Crippen LogP contribution in [0.25, 0.3) is 22.0 Å². The number of rotatable bonds is 6. The van der Waals surface area contributed by atoms with Crippen LogP contribution in [0.5, 0.6) is 0 Å². The second-order valence-electron chi connectivity index (χ2n) is 6.33. The zero-order chi connectivity index (χ0) is 19.5. The van der Waals surface area contributed by atoms with Gasteiger partial charge in [0.15, 0.2) is 5.13 Å². The molecule has 28 heavy (non-hydrogen) atoms. The lowest BCUT2D eigenvalue weighted by molar-refractivity contribution is -0.116. The Balaban J connectivity index is 1.36. The first-order valence-corrected chi connectivity index (χ1v) is 10.5. The fourth-order valence-corrected chi connectivity index (χ4v) is 4.19. The minimum absolute atomic E-state index is 0.125. The lowest BCUT2D eigenvalue weighted by Gasteiger charge is -2.00. The van der Waals surface area contributed by atoms with Crippen molar-refractivity contribution in [3.05, 3.63) is 58.1 Å². The number of anilines is 1. The summed E-state index contributed by atoms with van der Waals surface area (Å²) in [5.74, 6) is 0.887. The summed E-state index contributed by atoms with van der Waals surface area (Å²) in [5.41, 5.74) is 3.15. The third-order valence-electron chi connectivity index (χ3n) is 4.14. The van der Waals surface area contributed by atoms with Gasteiger partial charge in [0.1, 0.15) is 0 Å². The molecular weight excluding hydrogens is 392 g/mol. The topological polar surface area (TPSA) is 80.9 Å². The second kappa shape index (κ2) is 8.04. The van der Waals surface area contributed by atoms with Gasteiger partial charge in [-0.3, -0.25) is 4.79 Å². The molecule has 3 heterocycles. The van der Waals surface area contributed by atoms with Crippen molar-refractivity contribution in [2.75, 3.05) is 5.32 Å². The molecule has 3 aromatic heterocycles. The Kier molecular flexibility index (Phi) is 5.31. The molecule has 0 fully saturated rings. The highest BCUT2D eigenvalue weighted by Gasteiger charge is 2.14. The Morgan fingerprint density at radius 3 is 2.71 bits per heavy atom. The van der Waals surface area contributed by atoms with Crippen molar-refractivity contribution in [1.82, 2.24) is 15.1 Å². The number of amides is 1. The Bertz CT molecular complexity index is 1080. The molecule has 0 saturated heterocycles. The number of aryl methyl sites for hydroxylation is 3. The van der Waals surface area contributed by atoms with E-state index in [9.17, 15) is 4.79 Å². The zero-order valence-electron chi connectivity index (χ0n) is 15.4. The number of thiazole rings is 1. The van der Waals surface area contributed by atoms with E-state index in [1.54, 1.807) is 11.3 Å². The number of aromatic nitrogens is 3. The summed E-state index contributed by atoms with van der Waals surface area (Å²) in [5, 5.41) is 9.39. The highest BCUT2D eigenvalue weighted by atomic mass is 32.1. The van der Waals surface area contributed by atoms with Gasteiger partial charge in [-0.2, -0.15) is 4.98 Å². The average Bonchev–Trinajstić information content (AvgIpc) is 3.41. The minimum Gasteiger partial charge on any atom is -0.339 e. The van der Waals surface area contributed by atoms with Crippen molar-refractivity contribution in [2.45, 2.75) is 26.7 Å². The van der Waals surface area contributed by atoms with Crippen LogP contribution in [0.3, 0.4) is 0 Å². The molecule has 4 rings (SSSR count). The van der Waals surface area contributed by atoms with Gasteiger partial charge in [0.25, 0.3) is 0 Å². The van der Waals surface area contributed by atoms with E-state index in [1.165, 1.54) is 16.9 Å². The van der Waals surface area contributed by atoms with Gasteiger partial charge < -0.3 is 9.84 Å². The third kappa shape index (κ3) is 4.18. The van der Waals surface area contributed by atoms with Crippen molar-refractivity contribution in [3.8, 4) is 22.0 Å². The summed E-state index contributed by atoms with van der Waals surface area (Å²) in [6, 6.07) is 12.1. The molecular formula is C20H18N4O2S2. The molecule has 0 aliphatic rings. The van der Waals surface area contributed by atoms with E-state index in [4.69, 9.17) is 4.52 Å². The number of benzene rings is 1. The van der Waals surface area contributed by atoms with Gasteiger partial charge in [-0.25, -0.2) is 4.98 Å². The smallest absolute Gasteiger partial charge is 0.227 e. The van der Waals surface area contributed by atoms with Gasteiger partial charge in [-0.15, -0.1) is 22.7 Å². The fraction of sp³-hybridized carbons (Fsp3) is 0.200. The molecule has 1 aromatic carbocycles. The largest absolute Gasteiger partial charge is 0.339 e. The molecule has 6 nitrogen and oxygen atoms in total. The number of nitrogens with zero attached hydrogens (tertiary/aromatic N) is 3. The summed E-state index contributed by atoms with van der Waals surface area (Å²) in [4.78, 5) is 23.2. The van der Waals surface area contributed by atoms with Crippen LogP contribution in [0, 0.1) is 13.8 Å². The molecule has 142 valence electrons. The number of carbonyl (C=O) groups excluding carboxylic acids is 1. The molecule has 0 unspecified atom stereocenters. The van der Waals surface area contributed by atoms with Crippen molar-refractivity contribution in [3.63, 3.8) is 0 Å². The van der Waals surface area contributed by atoms with E-state index in [0.29, 0.717) is 23.3 Å². The first kappa shape index (κ1) is 18.5. The molecule has 4 aromatic rings. The summed E-state index contributed by atoms with van der Waals surface area (Å²) in [6.45, 7) is 4.06. The van der Waals surface area contributed by atoms with Crippen LogP contribution in [0.15, 0.2) is 46.3 Å². The lowest BCUT2D eigenvalue weighted by atomic mass is 10.1. The molecule has 0 aliphatic heterocycles. The molecule has 0 bridgehead atoms. The maximum Gasteiger partial charge on any atom is 0.227 e. The van der Waals surface area contributed by atoms with Crippen LogP contribution in [0.4, 0.5) is 5.13 Å². The van der Waals surface area contributed by atoms with E-state index < -0.39 is 0 Å². The van der Waals surface area contributed by atoms with Crippen LogP contribution in [0.1, 0.15) is 22.8 Å². The number of carbonyl (C=O) groups is 1. The summed E-state index contributed by atoms with van der Waals surface area (Å²) < 4.78 is 5.23. The van der Waals surface area contributed by atoms with Gasteiger partial charge >= 0.3 is 0 Å². The first-order chi connectivity index (χ1) is 13.6. The van der Waals surface area contributed by atoms with Crippen molar-refractivity contribution >= 4 is 33.7 Å². The quantitative estimate of drug-likeness (QED) is 0.478. The Morgan fingerprint density at radius 2 is 1.96 bits per heavy atom. The Hall–Kier alpha value is -2.84. The maximum absolute atomic E-state index is 12.3. The Morgan fingerprint density at radius 1 is 1.14 bits per heavy atom. The lowest BCUT2D eigenvalue weighted by Crippen LogP contribution is -2.12. The average molecular weight is 411 g/mol. The van der Waals surface area contributed by atoms with Gasteiger partial charge in [0, 0.05) is 23.3 Å². The molecule has 0 spiro atoms. The molecule has 8 heteroatoms. The van der Waals surface area contributed by atoms with E-state index in [2.05, 4.69) is 39.5 Å². The summed E-state index contributed by atoms with van der Waals surface area (Å²) >= 11 is 3.02. The fourth-order valence-electron chi connectivity index (χ4n) is 2.69. The number of hydrogen-bond acceptors (Lipinski definition) is 7. The van der Waals surface area contributed by atoms with Gasteiger partial charge in [0.2, 0.25) is 17.6 Å². The molecule has 1 amide bonds. The standard InChI is InChI=1S/C20H18N4O2S2/c1-12-5-7-14(8-6-12)18-13(2)28-20(23-18)21-16(25)9-10-17-22-19(24-26-17)15-4-3-11-27-15/h3-8,11H,9-10H2,1-2H3,(H,21,23,25). The number of hydrogen-bond donors (Lipinski definition) is 1. The van der Waals surface area contributed by atoms with Gasteiger partial charge in [0.05, 0.1) is 10.6 Å². The van der Waals surface area contributed by atoms with E-state index >= 15 is 0 Å². The first-order valence-electron chi connectivity index (χ1n) is 8.79. The van der Waals surface area contributed by atoms with Crippen molar-refractivity contribution < 1.29 is 9.32 Å². The van der Waals surface area contributed by atoms with Crippen LogP contribution < -0.4 is 5.32 Å². The predicted molar refractivity (Wildman–Crippen MR) is 112 cm³/mol. The number of nitrogens with one attached hydrogen (secondary N) is 1. The maximum atomic E-state index is 12.3. The van der Waals surface area contributed by atoms with Crippen LogP contribution in [-0.4, -0.2) is 21.0 Å². The van der Waals surface area contributed by atoms with E-state index in [0.717, 1.165) is 21.0 Å². The highest BCUT2D eigenvalue weighted by molar-refractivity contribution is 7.16. The Labute approximate surface area is 170 Å². The summed E-state index contributed by atoms with van der Waals surface area (Å²) in [7, 11) is 0. The number of thiophene rings is 1. The van der Waals surface area contributed by atoms with E-state index in [1.807, 2.05) is 36.6 Å². The minimum atomic E-state index is -0.125. The summed E-state index contributed by atoms with van der Waals surface area (Å²) in [6.07, 6.45) is 0.643. The second-order valence-corrected chi connectivity index (χ2v) is 8.48. The molecule has 1 N–H and O–H groups in total. The van der Waals surface area contributed by atoms with Gasteiger partial charge in [-0.05, 0) is 25.3 Å². The zero-order valence-corrected chi connectivity index (χ0v) is 17.1. The highest BCUT2D eigenvalue weighted by Crippen LogP contribution is 2.30. The van der Waals surface area contributed by atoms with Crippen molar-refractivity contribution in [1.29, 1.82) is 0 Å².